The number of hydrogen-bond donors (Lipinski definition) is 1. The zero-order chi connectivity index (χ0) is 9.40. The molecule has 2 nitrogen and oxygen atoms in total. The van der Waals surface area contributed by atoms with Crippen molar-refractivity contribution in [1.29, 1.82) is 0 Å². The maximum Gasteiger partial charge on any atom is 0.0659 e. The van der Waals surface area contributed by atoms with Gasteiger partial charge in [0.2, 0.25) is 0 Å². The molecular formula is C10H19NO. The third-order valence-electron chi connectivity index (χ3n) is 1.40. The Bertz CT molecular complexity index is 137. The highest BCUT2D eigenvalue weighted by Gasteiger charge is 1.95. The first-order chi connectivity index (χ1) is 5.66. The minimum Gasteiger partial charge on any atom is -0.380 e. The van der Waals surface area contributed by atoms with Gasteiger partial charge in [-0.15, -0.1) is 6.42 Å². The van der Waals surface area contributed by atoms with E-state index < -0.39 is 0 Å². The van der Waals surface area contributed by atoms with E-state index in [9.17, 15) is 0 Å². The zero-order valence-corrected chi connectivity index (χ0v) is 8.26. The van der Waals surface area contributed by atoms with Crippen molar-refractivity contribution >= 4 is 0 Å². The molecule has 1 N–H and O–H groups in total. The quantitative estimate of drug-likeness (QED) is 0.477. The molecule has 0 fully saturated rings. The number of rotatable bonds is 6. The van der Waals surface area contributed by atoms with E-state index in [1.54, 1.807) is 0 Å². The summed E-state index contributed by atoms with van der Waals surface area (Å²) in [5.74, 6) is 3.20. The van der Waals surface area contributed by atoms with E-state index in [0.29, 0.717) is 5.92 Å². The van der Waals surface area contributed by atoms with Crippen LogP contribution in [0.1, 0.15) is 20.8 Å². The first-order valence-corrected chi connectivity index (χ1v) is 4.44. The van der Waals surface area contributed by atoms with Gasteiger partial charge in [0.1, 0.15) is 0 Å². The molecule has 0 aliphatic heterocycles. The SMILES string of the molecule is C#CC(C)NCCOCC(C)C. The minimum atomic E-state index is 0.146. The molecule has 0 aliphatic carbocycles. The Morgan fingerprint density at radius 1 is 1.42 bits per heavy atom. The van der Waals surface area contributed by atoms with Crippen LogP contribution in [0, 0.1) is 18.3 Å². The Kier molecular flexibility index (Phi) is 6.84. The summed E-state index contributed by atoms with van der Waals surface area (Å²) < 4.78 is 5.36. The molecule has 0 aromatic carbocycles. The van der Waals surface area contributed by atoms with Crippen LogP contribution in [-0.2, 0) is 4.74 Å². The number of terminal acetylenes is 1. The van der Waals surface area contributed by atoms with Crippen LogP contribution in [0.4, 0.5) is 0 Å². The molecule has 1 atom stereocenters. The first-order valence-electron chi connectivity index (χ1n) is 4.44. The van der Waals surface area contributed by atoms with Crippen LogP contribution in [0.3, 0.4) is 0 Å². The number of ether oxygens (including phenoxy) is 1. The average molecular weight is 169 g/mol. The van der Waals surface area contributed by atoms with Gasteiger partial charge in [-0.3, -0.25) is 0 Å². The van der Waals surface area contributed by atoms with E-state index in [1.807, 2.05) is 6.92 Å². The molecule has 0 amide bonds. The summed E-state index contributed by atoms with van der Waals surface area (Å²) >= 11 is 0. The summed E-state index contributed by atoms with van der Waals surface area (Å²) in [6, 6.07) is 0.146. The van der Waals surface area contributed by atoms with E-state index in [4.69, 9.17) is 11.2 Å². The standard InChI is InChI=1S/C10H19NO/c1-5-10(4)11-6-7-12-8-9(2)3/h1,9-11H,6-8H2,2-4H3. The van der Waals surface area contributed by atoms with Crippen LogP contribution >= 0.6 is 0 Å². The van der Waals surface area contributed by atoms with Crippen molar-refractivity contribution in [2.45, 2.75) is 26.8 Å². The van der Waals surface area contributed by atoms with Crippen molar-refractivity contribution < 1.29 is 4.74 Å². The Morgan fingerprint density at radius 3 is 2.58 bits per heavy atom. The van der Waals surface area contributed by atoms with Gasteiger partial charge < -0.3 is 10.1 Å². The molecule has 0 saturated heterocycles. The van der Waals surface area contributed by atoms with Gasteiger partial charge in [0.25, 0.3) is 0 Å². The molecule has 0 spiro atoms. The Morgan fingerprint density at radius 2 is 2.08 bits per heavy atom. The highest BCUT2D eigenvalue weighted by atomic mass is 16.5. The summed E-state index contributed by atoms with van der Waals surface area (Å²) in [5.41, 5.74) is 0. The molecule has 0 aliphatic rings. The maximum absolute atomic E-state index is 5.36. The van der Waals surface area contributed by atoms with Crippen molar-refractivity contribution in [3.63, 3.8) is 0 Å². The predicted octanol–water partition coefficient (Wildman–Crippen LogP) is 1.27. The molecule has 0 saturated carbocycles. The van der Waals surface area contributed by atoms with E-state index in [0.717, 1.165) is 19.8 Å². The monoisotopic (exact) mass is 169 g/mol. The second-order valence-electron chi connectivity index (χ2n) is 3.31. The lowest BCUT2D eigenvalue weighted by molar-refractivity contribution is 0.111. The average Bonchev–Trinajstić information content (AvgIpc) is 2.03. The van der Waals surface area contributed by atoms with E-state index in [1.165, 1.54) is 0 Å². The van der Waals surface area contributed by atoms with Crippen molar-refractivity contribution in [2.24, 2.45) is 5.92 Å². The molecular weight excluding hydrogens is 150 g/mol. The van der Waals surface area contributed by atoms with Crippen molar-refractivity contribution in [3.8, 4) is 12.3 Å². The van der Waals surface area contributed by atoms with Crippen molar-refractivity contribution in [3.05, 3.63) is 0 Å². The number of hydrogen-bond acceptors (Lipinski definition) is 2. The smallest absolute Gasteiger partial charge is 0.0659 e. The van der Waals surface area contributed by atoms with Gasteiger partial charge in [0.15, 0.2) is 0 Å². The summed E-state index contributed by atoms with van der Waals surface area (Å²) in [5, 5.41) is 3.14. The minimum absolute atomic E-state index is 0.146. The van der Waals surface area contributed by atoms with Crippen molar-refractivity contribution in [2.75, 3.05) is 19.8 Å². The zero-order valence-electron chi connectivity index (χ0n) is 8.26. The van der Waals surface area contributed by atoms with Crippen molar-refractivity contribution in [1.82, 2.24) is 5.32 Å². The first kappa shape index (κ1) is 11.5. The summed E-state index contributed by atoms with van der Waals surface area (Å²) in [4.78, 5) is 0. The van der Waals surface area contributed by atoms with Gasteiger partial charge in [-0.05, 0) is 12.8 Å². The van der Waals surface area contributed by atoms with Crippen LogP contribution < -0.4 is 5.32 Å². The van der Waals surface area contributed by atoms with E-state index in [2.05, 4.69) is 25.1 Å². The van der Waals surface area contributed by atoms with Gasteiger partial charge in [-0.1, -0.05) is 19.8 Å². The Balaban J connectivity index is 3.07. The van der Waals surface area contributed by atoms with Crippen LogP contribution in [0.15, 0.2) is 0 Å². The lowest BCUT2D eigenvalue weighted by Crippen LogP contribution is -2.28. The third kappa shape index (κ3) is 7.59. The molecule has 0 rings (SSSR count). The van der Waals surface area contributed by atoms with Crippen LogP contribution in [-0.4, -0.2) is 25.8 Å². The lowest BCUT2D eigenvalue weighted by Gasteiger charge is -2.09. The molecule has 0 aromatic heterocycles. The molecule has 70 valence electrons. The van der Waals surface area contributed by atoms with E-state index >= 15 is 0 Å². The largest absolute Gasteiger partial charge is 0.380 e. The molecule has 12 heavy (non-hydrogen) atoms. The maximum atomic E-state index is 5.36. The van der Waals surface area contributed by atoms with Crippen LogP contribution in [0.25, 0.3) is 0 Å². The highest BCUT2D eigenvalue weighted by molar-refractivity contribution is 4.95. The summed E-state index contributed by atoms with van der Waals surface area (Å²) in [6.45, 7) is 8.63. The van der Waals surface area contributed by atoms with Gasteiger partial charge in [-0.25, -0.2) is 0 Å². The normalized spacial score (nSPS) is 12.9. The fraction of sp³-hybridized carbons (Fsp3) is 0.800. The van der Waals surface area contributed by atoms with Gasteiger partial charge in [0.05, 0.1) is 12.6 Å². The molecule has 2 heteroatoms. The lowest BCUT2D eigenvalue weighted by atomic mass is 10.2. The van der Waals surface area contributed by atoms with Gasteiger partial charge in [0, 0.05) is 13.2 Å². The second-order valence-corrected chi connectivity index (χ2v) is 3.31. The highest BCUT2D eigenvalue weighted by Crippen LogP contribution is 1.91. The Hall–Kier alpha value is -0.520. The van der Waals surface area contributed by atoms with Gasteiger partial charge in [-0.2, -0.15) is 0 Å². The van der Waals surface area contributed by atoms with Crippen LogP contribution in [0.5, 0.6) is 0 Å². The molecule has 0 radical (unpaired) electrons. The van der Waals surface area contributed by atoms with Crippen LogP contribution in [0.2, 0.25) is 0 Å². The number of nitrogens with one attached hydrogen (secondary N) is 1. The summed E-state index contributed by atoms with van der Waals surface area (Å²) in [7, 11) is 0. The topological polar surface area (TPSA) is 21.3 Å². The van der Waals surface area contributed by atoms with E-state index in [-0.39, 0.29) is 6.04 Å². The predicted molar refractivity (Wildman–Crippen MR) is 52.0 cm³/mol. The second kappa shape index (κ2) is 7.15. The molecule has 0 heterocycles. The fourth-order valence-electron chi connectivity index (χ4n) is 0.726. The van der Waals surface area contributed by atoms with Gasteiger partial charge >= 0.3 is 0 Å². The summed E-state index contributed by atoms with van der Waals surface area (Å²) in [6.07, 6.45) is 5.18. The Labute approximate surface area is 75.7 Å². The molecule has 1 unspecified atom stereocenters. The molecule has 0 aromatic rings. The third-order valence-corrected chi connectivity index (χ3v) is 1.40. The molecule has 0 bridgehead atoms. The fourth-order valence-corrected chi connectivity index (χ4v) is 0.726.